The second kappa shape index (κ2) is 8.35. The van der Waals surface area contributed by atoms with Gasteiger partial charge in [0, 0.05) is 6.54 Å². The summed E-state index contributed by atoms with van der Waals surface area (Å²) in [6, 6.07) is 6.15. The summed E-state index contributed by atoms with van der Waals surface area (Å²) in [5.41, 5.74) is 0. The molecular formula is C12H17NO3. The third-order valence-electron chi connectivity index (χ3n) is 1.62. The smallest absolute Gasteiger partial charge is 0.243 e. The molecule has 0 fully saturated rings. The molecule has 0 heterocycles. The maximum absolute atomic E-state index is 10.3. The molecule has 0 spiro atoms. The van der Waals surface area contributed by atoms with Crippen LogP contribution in [0, 0.1) is 0 Å². The molecule has 0 unspecified atom stereocenters. The second-order valence-electron chi connectivity index (χ2n) is 2.98. The lowest BCUT2D eigenvalue weighted by Crippen LogP contribution is -2.20. The minimum Gasteiger partial charge on any atom is -0.504 e. The molecule has 4 heteroatoms. The first-order chi connectivity index (χ1) is 7.61. The molecule has 0 saturated heterocycles. The third kappa shape index (κ3) is 6.48. The van der Waals surface area contributed by atoms with Crippen LogP contribution in [0.5, 0.6) is 11.5 Å². The zero-order chi connectivity index (χ0) is 12.4. The van der Waals surface area contributed by atoms with Gasteiger partial charge < -0.3 is 15.5 Å². The quantitative estimate of drug-likeness (QED) is 0.540. The number of carbonyl (C=O) groups is 1. The van der Waals surface area contributed by atoms with Gasteiger partial charge in [-0.1, -0.05) is 25.6 Å². The van der Waals surface area contributed by atoms with Crippen molar-refractivity contribution in [1.29, 1.82) is 0 Å². The van der Waals surface area contributed by atoms with Crippen LogP contribution >= 0.6 is 0 Å². The fourth-order valence-electron chi connectivity index (χ4n) is 0.785. The topological polar surface area (TPSA) is 69.6 Å². The molecule has 4 nitrogen and oxygen atoms in total. The maximum Gasteiger partial charge on any atom is 0.243 e. The van der Waals surface area contributed by atoms with E-state index in [2.05, 4.69) is 11.9 Å². The molecule has 3 N–H and O–H groups in total. The molecular weight excluding hydrogens is 206 g/mol. The number of aromatic hydroxyl groups is 2. The number of phenolic OH excluding ortho intramolecular Hbond substituents is 2. The van der Waals surface area contributed by atoms with E-state index in [0.29, 0.717) is 0 Å². The van der Waals surface area contributed by atoms with Gasteiger partial charge in [-0.05, 0) is 24.6 Å². The van der Waals surface area contributed by atoms with Crippen LogP contribution in [0.4, 0.5) is 0 Å². The minimum absolute atomic E-state index is 0.0764. The highest BCUT2D eigenvalue weighted by Gasteiger charge is 1.90. The van der Waals surface area contributed by atoms with Crippen LogP contribution in [-0.4, -0.2) is 22.7 Å². The Kier molecular flexibility index (Phi) is 7.32. The van der Waals surface area contributed by atoms with Gasteiger partial charge in [-0.3, -0.25) is 4.79 Å². The lowest BCUT2D eigenvalue weighted by atomic mass is 10.3. The van der Waals surface area contributed by atoms with Crippen molar-refractivity contribution in [3.8, 4) is 11.5 Å². The SMILES string of the molecule is C=CC(=O)NCCC.Oc1ccccc1O. The summed E-state index contributed by atoms with van der Waals surface area (Å²) in [5, 5.41) is 20.0. The van der Waals surface area contributed by atoms with Gasteiger partial charge in [0.25, 0.3) is 0 Å². The van der Waals surface area contributed by atoms with E-state index in [1.165, 1.54) is 18.2 Å². The molecule has 0 aliphatic rings. The molecule has 88 valence electrons. The second-order valence-corrected chi connectivity index (χ2v) is 2.98. The summed E-state index contributed by atoms with van der Waals surface area (Å²) >= 11 is 0. The number of hydrogen-bond donors (Lipinski definition) is 3. The van der Waals surface area contributed by atoms with Crippen molar-refractivity contribution in [2.75, 3.05) is 6.54 Å². The van der Waals surface area contributed by atoms with E-state index in [0.717, 1.165) is 13.0 Å². The first kappa shape index (κ1) is 14.0. The summed E-state index contributed by atoms with van der Waals surface area (Å²) in [7, 11) is 0. The number of hydrogen-bond acceptors (Lipinski definition) is 3. The van der Waals surface area contributed by atoms with Crippen molar-refractivity contribution >= 4 is 5.91 Å². The summed E-state index contributed by atoms with van der Waals surface area (Å²) in [5.74, 6) is -0.244. The van der Waals surface area contributed by atoms with Crippen molar-refractivity contribution < 1.29 is 15.0 Å². The third-order valence-corrected chi connectivity index (χ3v) is 1.62. The first-order valence-electron chi connectivity index (χ1n) is 4.99. The number of rotatable bonds is 3. The fraction of sp³-hybridized carbons (Fsp3) is 0.250. The van der Waals surface area contributed by atoms with Gasteiger partial charge in [0.2, 0.25) is 5.91 Å². The standard InChI is InChI=1S/C6H11NO.C6H6O2/c1-3-5-7-6(8)4-2;7-5-3-1-2-4-6(5)8/h4H,2-3,5H2,1H3,(H,7,8);1-4,7-8H. The number of benzene rings is 1. The normalized spacial score (nSPS) is 8.56. The molecule has 1 rings (SSSR count). The van der Waals surface area contributed by atoms with Crippen molar-refractivity contribution in [2.45, 2.75) is 13.3 Å². The molecule has 1 amide bonds. The molecule has 0 aliphatic carbocycles. The first-order valence-corrected chi connectivity index (χ1v) is 4.99. The highest BCUT2D eigenvalue weighted by molar-refractivity contribution is 5.86. The van der Waals surface area contributed by atoms with Crippen LogP contribution in [0.2, 0.25) is 0 Å². The van der Waals surface area contributed by atoms with Crippen LogP contribution in [0.25, 0.3) is 0 Å². The lowest BCUT2D eigenvalue weighted by molar-refractivity contribution is -0.116. The van der Waals surface area contributed by atoms with Gasteiger partial charge in [-0.15, -0.1) is 0 Å². The average molecular weight is 223 g/mol. The van der Waals surface area contributed by atoms with Crippen molar-refractivity contribution in [3.05, 3.63) is 36.9 Å². The van der Waals surface area contributed by atoms with Gasteiger partial charge in [-0.2, -0.15) is 0 Å². The molecule has 1 aromatic carbocycles. The van der Waals surface area contributed by atoms with Crippen LogP contribution in [-0.2, 0) is 4.79 Å². The molecule has 1 aromatic rings. The number of nitrogens with one attached hydrogen (secondary N) is 1. The van der Waals surface area contributed by atoms with E-state index in [1.54, 1.807) is 12.1 Å². The van der Waals surface area contributed by atoms with Gasteiger partial charge >= 0.3 is 0 Å². The summed E-state index contributed by atoms with van der Waals surface area (Å²) in [4.78, 5) is 10.3. The molecule has 0 bridgehead atoms. The zero-order valence-corrected chi connectivity index (χ0v) is 9.31. The van der Waals surface area contributed by atoms with E-state index in [-0.39, 0.29) is 17.4 Å². The van der Waals surface area contributed by atoms with E-state index in [1.807, 2.05) is 6.92 Å². The van der Waals surface area contributed by atoms with Crippen LogP contribution < -0.4 is 5.32 Å². The Morgan fingerprint density at radius 2 is 1.88 bits per heavy atom. The Morgan fingerprint density at radius 3 is 2.19 bits per heavy atom. The summed E-state index contributed by atoms with van der Waals surface area (Å²) < 4.78 is 0. The Morgan fingerprint density at radius 1 is 1.38 bits per heavy atom. The molecule has 0 radical (unpaired) electrons. The largest absolute Gasteiger partial charge is 0.504 e. The van der Waals surface area contributed by atoms with Gasteiger partial charge in [0.15, 0.2) is 11.5 Å². The summed E-state index contributed by atoms with van der Waals surface area (Å²) in [6.45, 7) is 6.05. The molecule has 0 atom stereocenters. The lowest BCUT2D eigenvalue weighted by Gasteiger charge is -1.94. The number of phenols is 2. The maximum atomic E-state index is 10.3. The van der Waals surface area contributed by atoms with Gasteiger partial charge in [-0.25, -0.2) is 0 Å². The van der Waals surface area contributed by atoms with E-state index >= 15 is 0 Å². The van der Waals surface area contributed by atoms with Gasteiger partial charge in [0.05, 0.1) is 0 Å². The Balaban J connectivity index is 0.000000281. The Labute approximate surface area is 95.2 Å². The Bertz CT molecular complexity index is 316. The van der Waals surface area contributed by atoms with Gasteiger partial charge in [0.1, 0.15) is 0 Å². The molecule has 0 aliphatic heterocycles. The number of para-hydroxylation sites is 2. The summed E-state index contributed by atoms with van der Waals surface area (Å²) in [6.07, 6.45) is 2.25. The predicted octanol–water partition coefficient (Wildman–Crippen LogP) is 1.80. The number of carbonyl (C=O) groups excluding carboxylic acids is 1. The monoisotopic (exact) mass is 223 g/mol. The van der Waals surface area contributed by atoms with E-state index in [9.17, 15) is 4.79 Å². The highest BCUT2D eigenvalue weighted by atomic mass is 16.3. The van der Waals surface area contributed by atoms with E-state index in [4.69, 9.17) is 10.2 Å². The predicted molar refractivity (Wildman–Crippen MR) is 63.3 cm³/mol. The minimum atomic E-state index is -0.0909. The van der Waals surface area contributed by atoms with Crippen LogP contribution in [0.3, 0.4) is 0 Å². The zero-order valence-electron chi connectivity index (χ0n) is 9.31. The Hall–Kier alpha value is -1.97. The molecule has 0 saturated carbocycles. The highest BCUT2D eigenvalue weighted by Crippen LogP contribution is 2.21. The number of amides is 1. The average Bonchev–Trinajstić information content (AvgIpc) is 2.30. The van der Waals surface area contributed by atoms with Crippen LogP contribution in [0.15, 0.2) is 36.9 Å². The van der Waals surface area contributed by atoms with Crippen molar-refractivity contribution in [3.63, 3.8) is 0 Å². The van der Waals surface area contributed by atoms with E-state index < -0.39 is 0 Å². The fourth-order valence-corrected chi connectivity index (χ4v) is 0.785. The van der Waals surface area contributed by atoms with Crippen LogP contribution in [0.1, 0.15) is 13.3 Å². The van der Waals surface area contributed by atoms with Crippen molar-refractivity contribution in [2.24, 2.45) is 0 Å². The molecule has 0 aromatic heterocycles. The molecule has 16 heavy (non-hydrogen) atoms. The van der Waals surface area contributed by atoms with Crippen molar-refractivity contribution in [1.82, 2.24) is 5.32 Å².